The van der Waals surface area contributed by atoms with Crippen LogP contribution in [0.25, 0.3) is 0 Å². The summed E-state index contributed by atoms with van der Waals surface area (Å²) in [5, 5.41) is 11.4. The second-order valence-corrected chi connectivity index (χ2v) is 4.85. The number of hydrogen-bond donors (Lipinski definition) is 4. The third kappa shape index (κ3) is 3.26. The molecule has 8 nitrogen and oxygen atoms in total. The van der Waals surface area contributed by atoms with E-state index in [2.05, 4.69) is 26.2 Å². The molecule has 1 aromatic heterocycles. The van der Waals surface area contributed by atoms with Gasteiger partial charge in [-0.1, -0.05) is 15.9 Å². The van der Waals surface area contributed by atoms with E-state index in [1.165, 1.54) is 12.1 Å². The highest BCUT2D eigenvalue weighted by Gasteiger charge is 2.16. The minimum Gasteiger partial charge on any atom is -0.478 e. The van der Waals surface area contributed by atoms with Gasteiger partial charge in [0.05, 0.1) is 11.3 Å². The number of aromatic nitrogens is 2. The lowest BCUT2D eigenvalue weighted by Gasteiger charge is -2.08. The molecule has 0 aliphatic rings. The highest BCUT2D eigenvalue weighted by Crippen LogP contribution is 2.21. The molecule has 0 aliphatic heterocycles. The van der Waals surface area contributed by atoms with Crippen molar-refractivity contribution in [2.75, 3.05) is 5.32 Å². The molecule has 0 spiro atoms. The number of carbonyl (C=O) groups excluding carboxylic acids is 1. The molecule has 0 saturated carbocycles. The highest BCUT2D eigenvalue weighted by atomic mass is 79.9. The molecule has 21 heavy (non-hydrogen) atoms. The van der Waals surface area contributed by atoms with Crippen molar-refractivity contribution in [1.29, 1.82) is 0 Å². The summed E-state index contributed by atoms with van der Waals surface area (Å²) >= 11 is 3.12. The standard InChI is InChI=1S/C12H8BrN3O5/c13-5-1-2-8(6(3-5)11(19)20)15-9(17)7-4-14-12(21)16-10(7)18/h1-4H,(H,15,17)(H,19,20)(H2,14,16,18,21). The number of aromatic carboxylic acids is 1. The van der Waals surface area contributed by atoms with Gasteiger partial charge in [0, 0.05) is 10.7 Å². The van der Waals surface area contributed by atoms with E-state index >= 15 is 0 Å². The van der Waals surface area contributed by atoms with Crippen LogP contribution in [0.1, 0.15) is 20.7 Å². The highest BCUT2D eigenvalue weighted by molar-refractivity contribution is 9.10. The number of halogens is 1. The smallest absolute Gasteiger partial charge is 0.337 e. The number of H-pyrrole nitrogens is 2. The molecule has 0 saturated heterocycles. The average Bonchev–Trinajstić information content (AvgIpc) is 2.40. The second-order valence-electron chi connectivity index (χ2n) is 3.93. The van der Waals surface area contributed by atoms with Crippen LogP contribution in [-0.2, 0) is 0 Å². The van der Waals surface area contributed by atoms with Gasteiger partial charge in [-0.15, -0.1) is 0 Å². The first kappa shape index (κ1) is 14.7. The number of hydrogen-bond acceptors (Lipinski definition) is 4. The topological polar surface area (TPSA) is 132 Å². The number of rotatable bonds is 3. The first-order valence-electron chi connectivity index (χ1n) is 5.54. The lowest BCUT2D eigenvalue weighted by Crippen LogP contribution is -2.30. The van der Waals surface area contributed by atoms with Crippen LogP contribution in [0.4, 0.5) is 5.69 Å². The van der Waals surface area contributed by atoms with Gasteiger partial charge in [0.15, 0.2) is 0 Å². The summed E-state index contributed by atoms with van der Waals surface area (Å²) < 4.78 is 0.528. The molecule has 0 unspecified atom stereocenters. The van der Waals surface area contributed by atoms with E-state index in [4.69, 9.17) is 5.11 Å². The summed E-state index contributed by atoms with van der Waals surface area (Å²) in [7, 11) is 0. The van der Waals surface area contributed by atoms with Crippen molar-refractivity contribution in [3.63, 3.8) is 0 Å². The summed E-state index contributed by atoms with van der Waals surface area (Å²) in [6.07, 6.45) is 0.954. The van der Waals surface area contributed by atoms with Crippen LogP contribution < -0.4 is 16.6 Å². The van der Waals surface area contributed by atoms with E-state index in [0.29, 0.717) is 4.47 Å². The van der Waals surface area contributed by atoms with Gasteiger partial charge in [0.2, 0.25) is 0 Å². The molecule has 2 aromatic rings. The van der Waals surface area contributed by atoms with Gasteiger partial charge in [0.1, 0.15) is 5.56 Å². The molecule has 0 atom stereocenters. The second kappa shape index (κ2) is 5.75. The molecule has 0 bridgehead atoms. The Labute approximate surface area is 125 Å². The van der Waals surface area contributed by atoms with E-state index in [1.54, 1.807) is 6.07 Å². The fourth-order valence-electron chi connectivity index (χ4n) is 1.57. The van der Waals surface area contributed by atoms with Gasteiger partial charge >= 0.3 is 11.7 Å². The van der Waals surface area contributed by atoms with Crippen LogP contribution in [0.5, 0.6) is 0 Å². The Morgan fingerprint density at radius 2 is 1.90 bits per heavy atom. The van der Waals surface area contributed by atoms with Crippen molar-refractivity contribution in [1.82, 2.24) is 9.97 Å². The Bertz CT molecular complexity index is 839. The number of aromatic amines is 2. The van der Waals surface area contributed by atoms with Crippen LogP contribution in [0.3, 0.4) is 0 Å². The largest absolute Gasteiger partial charge is 0.478 e. The van der Waals surface area contributed by atoms with Gasteiger partial charge in [-0.3, -0.25) is 14.6 Å². The van der Waals surface area contributed by atoms with Gasteiger partial charge < -0.3 is 15.4 Å². The summed E-state index contributed by atoms with van der Waals surface area (Å²) in [6.45, 7) is 0. The van der Waals surface area contributed by atoms with Crippen molar-refractivity contribution in [2.24, 2.45) is 0 Å². The van der Waals surface area contributed by atoms with E-state index < -0.39 is 23.1 Å². The molecule has 1 amide bonds. The van der Waals surface area contributed by atoms with Gasteiger partial charge in [0.25, 0.3) is 11.5 Å². The monoisotopic (exact) mass is 353 g/mol. The third-order valence-electron chi connectivity index (χ3n) is 2.52. The van der Waals surface area contributed by atoms with Crippen molar-refractivity contribution in [3.05, 3.63) is 60.8 Å². The first-order valence-corrected chi connectivity index (χ1v) is 6.34. The van der Waals surface area contributed by atoms with E-state index in [-0.39, 0.29) is 16.8 Å². The van der Waals surface area contributed by atoms with Crippen molar-refractivity contribution >= 4 is 33.5 Å². The fraction of sp³-hybridized carbons (Fsp3) is 0. The Balaban J connectivity index is 2.38. The molecule has 1 aromatic carbocycles. The molecule has 0 aliphatic carbocycles. The molecule has 4 N–H and O–H groups in total. The van der Waals surface area contributed by atoms with Crippen molar-refractivity contribution in [3.8, 4) is 0 Å². The van der Waals surface area contributed by atoms with Crippen LogP contribution in [-0.4, -0.2) is 27.0 Å². The van der Waals surface area contributed by atoms with Crippen LogP contribution in [0.15, 0.2) is 38.5 Å². The zero-order chi connectivity index (χ0) is 15.6. The summed E-state index contributed by atoms with van der Waals surface area (Å²) in [5.41, 5.74) is -2.06. The lowest BCUT2D eigenvalue weighted by atomic mass is 10.1. The number of carbonyl (C=O) groups is 2. The molecule has 9 heteroatoms. The lowest BCUT2D eigenvalue weighted by molar-refractivity contribution is 0.0698. The number of nitrogens with one attached hydrogen (secondary N) is 3. The number of amides is 1. The predicted molar refractivity (Wildman–Crippen MR) is 76.7 cm³/mol. The quantitative estimate of drug-likeness (QED) is 0.647. The average molecular weight is 354 g/mol. The number of benzene rings is 1. The third-order valence-corrected chi connectivity index (χ3v) is 3.02. The zero-order valence-electron chi connectivity index (χ0n) is 10.3. The molecule has 1 heterocycles. The summed E-state index contributed by atoms with van der Waals surface area (Å²) in [6, 6.07) is 4.24. The molecular formula is C12H8BrN3O5. The molecule has 108 valence electrons. The maximum Gasteiger partial charge on any atom is 0.337 e. The molecule has 0 radical (unpaired) electrons. The van der Waals surface area contributed by atoms with Gasteiger partial charge in [-0.2, -0.15) is 0 Å². The molecule has 0 fully saturated rings. The summed E-state index contributed by atoms with van der Waals surface area (Å²) in [5.74, 6) is -2.07. The van der Waals surface area contributed by atoms with Crippen LogP contribution >= 0.6 is 15.9 Å². The van der Waals surface area contributed by atoms with Crippen molar-refractivity contribution in [2.45, 2.75) is 0 Å². The minimum absolute atomic E-state index is 0.0290. The summed E-state index contributed by atoms with van der Waals surface area (Å²) in [4.78, 5) is 49.5. The normalized spacial score (nSPS) is 10.1. The number of carboxylic acid groups (broad SMARTS) is 1. The maximum atomic E-state index is 11.9. The minimum atomic E-state index is -1.23. The maximum absolute atomic E-state index is 11.9. The first-order chi connectivity index (χ1) is 9.88. The predicted octanol–water partition coefficient (Wildman–Crippen LogP) is 0.776. The van der Waals surface area contributed by atoms with Gasteiger partial charge in [-0.05, 0) is 18.2 Å². The van der Waals surface area contributed by atoms with Crippen molar-refractivity contribution < 1.29 is 14.7 Å². The molecular weight excluding hydrogens is 346 g/mol. The number of carboxylic acids is 1. The Kier molecular flexibility index (Phi) is 4.03. The van der Waals surface area contributed by atoms with E-state index in [1.807, 2.05) is 4.98 Å². The van der Waals surface area contributed by atoms with Gasteiger partial charge in [-0.25, -0.2) is 9.59 Å². The Hall–Kier alpha value is -2.68. The number of anilines is 1. The molecule has 2 rings (SSSR count). The van der Waals surface area contributed by atoms with Crippen LogP contribution in [0, 0.1) is 0 Å². The van der Waals surface area contributed by atoms with Crippen LogP contribution in [0.2, 0.25) is 0 Å². The Morgan fingerprint density at radius 3 is 2.52 bits per heavy atom. The van der Waals surface area contributed by atoms with E-state index in [9.17, 15) is 19.2 Å². The van der Waals surface area contributed by atoms with E-state index in [0.717, 1.165) is 6.20 Å². The Morgan fingerprint density at radius 1 is 1.19 bits per heavy atom. The fourth-order valence-corrected chi connectivity index (χ4v) is 1.93. The zero-order valence-corrected chi connectivity index (χ0v) is 11.9. The SMILES string of the molecule is O=C(O)c1cc(Br)ccc1NC(=O)c1c[nH]c(=O)[nH]c1=O.